The van der Waals surface area contributed by atoms with E-state index in [-0.39, 0.29) is 5.95 Å². The maximum Gasteiger partial charge on any atom is 0.416 e. The molecule has 5 nitrogen and oxygen atoms in total. The van der Waals surface area contributed by atoms with Crippen molar-refractivity contribution in [3.05, 3.63) is 66.2 Å². The number of halogens is 3. The van der Waals surface area contributed by atoms with Gasteiger partial charge in [0.1, 0.15) is 11.6 Å². The third kappa shape index (κ3) is 4.03. The molecule has 0 saturated heterocycles. The fourth-order valence-corrected chi connectivity index (χ4v) is 1.98. The van der Waals surface area contributed by atoms with Gasteiger partial charge in [-0.15, -0.1) is 0 Å². The Labute approximate surface area is 135 Å². The molecule has 2 aromatic heterocycles. The van der Waals surface area contributed by atoms with E-state index in [1.807, 2.05) is 6.07 Å². The highest BCUT2D eigenvalue weighted by atomic mass is 19.4. The normalized spacial score (nSPS) is 11.3. The average Bonchev–Trinajstić information content (AvgIpc) is 3.06. The summed E-state index contributed by atoms with van der Waals surface area (Å²) in [5.41, 5.74) is -0.242. The Kier molecular flexibility index (Phi) is 4.37. The van der Waals surface area contributed by atoms with Crippen molar-refractivity contribution >= 4 is 17.5 Å². The molecule has 3 rings (SSSR count). The number of aromatic nitrogens is 2. The monoisotopic (exact) mass is 334 g/mol. The Balaban J connectivity index is 1.65. The maximum atomic E-state index is 12.5. The van der Waals surface area contributed by atoms with Crippen molar-refractivity contribution in [1.82, 2.24) is 9.97 Å². The van der Waals surface area contributed by atoms with Gasteiger partial charge in [0, 0.05) is 11.9 Å². The highest BCUT2D eigenvalue weighted by Crippen LogP contribution is 2.30. The van der Waals surface area contributed by atoms with Crippen LogP contribution in [0, 0.1) is 0 Å². The first kappa shape index (κ1) is 15.9. The highest BCUT2D eigenvalue weighted by Gasteiger charge is 2.29. The number of nitrogens with zero attached hydrogens (tertiary/aromatic N) is 2. The minimum atomic E-state index is -4.36. The summed E-state index contributed by atoms with van der Waals surface area (Å²) < 4.78 is 42.8. The van der Waals surface area contributed by atoms with Gasteiger partial charge in [-0.2, -0.15) is 18.2 Å². The number of hydrogen-bond acceptors (Lipinski definition) is 5. The second kappa shape index (κ2) is 6.61. The van der Waals surface area contributed by atoms with E-state index in [0.717, 1.165) is 17.9 Å². The van der Waals surface area contributed by atoms with Gasteiger partial charge in [-0.25, -0.2) is 4.98 Å². The van der Waals surface area contributed by atoms with Crippen LogP contribution in [0.2, 0.25) is 0 Å². The summed E-state index contributed by atoms with van der Waals surface area (Å²) in [6, 6.07) is 9.96. The van der Waals surface area contributed by atoms with E-state index in [4.69, 9.17) is 4.42 Å². The molecule has 2 heterocycles. The van der Waals surface area contributed by atoms with E-state index < -0.39 is 11.7 Å². The molecule has 0 unspecified atom stereocenters. The lowest BCUT2D eigenvalue weighted by atomic mass is 10.2. The Morgan fingerprint density at radius 3 is 2.50 bits per heavy atom. The number of benzene rings is 1. The molecule has 0 aliphatic carbocycles. The summed E-state index contributed by atoms with van der Waals surface area (Å²) in [6.45, 7) is 0.462. The molecular weight excluding hydrogens is 321 g/mol. The number of rotatable bonds is 5. The van der Waals surface area contributed by atoms with E-state index in [0.29, 0.717) is 18.1 Å². The molecule has 2 N–H and O–H groups in total. The molecule has 124 valence electrons. The Morgan fingerprint density at radius 2 is 1.83 bits per heavy atom. The van der Waals surface area contributed by atoms with Crippen molar-refractivity contribution in [2.75, 3.05) is 10.6 Å². The third-order valence-electron chi connectivity index (χ3n) is 3.15. The Hall–Kier alpha value is -3.03. The zero-order valence-electron chi connectivity index (χ0n) is 12.3. The molecule has 0 amide bonds. The summed E-state index contributed by atoms with van der Waals surface area (Å²) in [4.78, 5) is 8.28. The first-order valence-corrected chi connectivity index (χ1v) is 7.04. The van der Waals surface area contributed by atoms with Gasteiger partial charge < -0.3 is 15.1 Å². The van der Waals surface area contributed by atoms with E-state index in [9.17, 15) is 13.2 Å². The van der Waals surface area contributed by atoms with Gasteiger partial charge in [0.05, 0.1) is 18.4 Å². The van der Waals surface area contributed by atoms with Crippen molar-refractivity contribution in [3.8, 4) is 0 Å². The topological polar surface area (TPSA) is 63.0 Å². The summed E-state index contributed by atoms with van der Waals surface area (Å²) in [7, 11) is 0. The van der Waals surface area contributed by atoms with Crippen LogP contribution in [0.3, 0.4) is 0 Å². The highest BCUT2D eigenvalue weighted by molar-refractivity contribution is 5.55. The van der Waals surface area contributed by atoms with E-state index >= 15 is 0 Å². The Morgan fingerprint density at radius 1 is 1.04 bits per heavy atom. The standard InChI is InChI=1S/C16H13F3N4O/c17-16(18,19)11-3-5-12(6-4-11)22-15-20-8-7-14(23-15)21-10-13-2-1-9-24-13/h1-9H,10H2,(H2,20,21,22,23). The number of nitrogens with one attached hydrogen (secondary N) is 2. The van der Waals surface area contributed by atoms with Crippen LogP contribution in [0.1, 0.15) is 11.3 Å². The van der Waals surface area contributed by atoms with Gasteiger partial charge in [0.2, 0.25) is 5.95 Å². The molecule has 24 heavy (non-hydrogen) atoms. The van der Waals surface area contributed by atoms with Gasteiger partial charge in [-0.05, 0) is 42.5 Å². The molecule has 0 fully saturated rings. The van der Waals surface area contributed by atoms with Gasteiger partial charge >= 0.3 is 6.18 Å². The fourth-order valence-electron chi connectivity index (χ4n) is 1.98. The molecule has 0 radical (unpaired) electrons. The predicted molar refractivity (Wildman–Crippen MR) is 82.8 cm³/mol. The smallest absolute Gasteiger partial charge is 0.416 e. The van der Waals surface area contributed by atoms with Crippen LogP contribution in [0.25, 0.3) is 0 Å². The van der Waals surface area contributed by atoms with E-state index in [2.05, 4.69) is 20.6 Å². The molecule has 0 aliphatic heterocycles. The van der Waals surface area contributed by atoms with Crippen LogP contribution < -0.4 is 10.6 Å². The van der Waals surface area contributed by atoms with Crippen molar-refractivity contribution in [2.45, 2.75) is 12.7 Å². The lowest BCUT2D eigenvalue weighted by Crippen LogP contribution is -2.05. The van der Waals surface area contributed by atoms with Gasteiger partial charge in [0.15, 0.2) is 0 Å². The predicted octanol–water partition coefficient (Wildman–Crippen LogP) is 4.44. The summed E-state index contributed by atoms with van der Waals surface area (Å²) in [5.74, 6) is 1.60. The second-order valence-electron chi connectivity index (χ2n) is 4.90. The number of hydrogen-bond donors (Lipinski definition) is 2. The second-order valence-corrected chi connectivity index (χ2v) is 4.90. The van der Waals surface area contributed by atoms with Crippen molar-refractivity contribution in [2.24, 2.45) is 0 Å². The van der Waals surface area contributed by atoms with Gasteiger partial charge in [-0.3, -0.25) is 0 Å². The molecule has 0 aliphatic rings. The lowest BCUT2D eigenvalue weighted by Gasteiger charge is -2.09. The van der Waals surface area contributed by atoms with Crippen LogP contribution in [-0.2, 0) is 12.7 Å². The quantitative estimate of drug-likeness (QED) is 0.722. The van der Waals surface area contributed by atoms with Crippen molar-refractivity contribution < 1.29 is 17.6 Å². The first-order valence-electron chi connectivity index (χ1n) is 7.04. The minimum Gasteiger partial charge on any atom is -0.467 e. The van der Waals surface area contributed by atoms with Crippen molar-refractivity contribution in [1.29, 1.82) is 0 Å². The van der Waals surface area contributed by atoms with Crippen LogP contribution in [0.5, 0.6) is 0 Å². The molecule has 1 aromatic carbocycles. The molecule has 8 heteroatoms. The maximum absolute atomic E-state index is 12.5. The lowest BCUT2D eigenvalue weighted by molar-refractivity contribution is -0.137. The summed E-state index contributed by atoms with van der Waals surface area (Å²) in [6.07, 6.45) is -1.23. The average molecular weight is 334 g/mol. The van der Waals surface area contributed by atoms with Crippen molar-refractivity contribution in [3.63, 3.8) is 0 Å². The number of anilines is 3. The molecule has 0 bridgehead atoms. The summed E-state index contributed by atoms with van der Waals surface area (Å²) in [5, 5.41) is 5.93. The van der Waals surface area contributed by atoms with Crippen LogP contribution in [0.4, 0.5) is 30.6 Å². The zero-order valence-corrected chi connectivity index (χ0v) is 12.3. The Bertz CT molecular complexity index is 786. The summed E-state index contributed by atoms with van der Waals surface area (Å²) >= 11 is 0. The molecular formula is C16H13F3N4O. The number of furan rings is 1. The fraction of sp³-hybridized carbons (Fsp3) is 0.125. The molecule has 3 aromatic rings. The molecule has 0 atom stereocenters. The first-order chi connectivity index (χ1) is 11.5. The van der Waals surface area contributed by atoms with Crippen LogP contribution in [-0.4, -0.2) is 9.97 Å². The minimum absolute atomic E-state index is 0.277. The number of alkyl halides is 3. The van der Waals surface area contributed by atoms with Crippen LogP contribution >= 0.6 is 0 Å². The third-order valence-corrected chi connectivity index (χ3v) is 3.15. The molecule has 0 saturated carbocycles. The van der Waals surface area contributed by atoms with E-state index in [1.54, 1.807) is 24.6 Å². The van der Waals surface area contributed by atoms with Crippen LogP contribution in [0.15, 0.2) is 59.3 Å². The SMILES string of the molecule is FC(F)(F)c1ccc(Nc2nccc(NCc3ccco3)n2)cc1. The molecule has 0 spiro atoms. The zero-order chi connectivity index (χ0) is 17.0. The largest absolute Gasteiger partial charge is 0.467 e. The van der Waals surface area contributed by atoms with Gasteiger partial charge in [0.25, 0.3) is 0 Å². The van der Waals surface area contributed by atoms with E-state index in [1.165, 1.54) is 12.1 Å². The van der Waals surface area contributed by atoms with Gasteiger partial charge in [-0.1, -0.05) is 0 Å².